The van der Waals surface area contributed by atoms with Crippen LogP contribution >= 0.6 is 15.9 Å². The summed E-state index contributed by atoms with van der Waals surface area (Å²) in [6.45, 7) is 4.41. The van der Waals surface area contributed by atoms with Crippen molar-refractivity contribution in [1.82, 2.24) is 14.8 Å². The van der Waals surface area contributed by atoms with Gasteiger partial charge in [0.2, 0.25) is 5.91 Å². The van der Waals surface area contributed by atoms with E-state index >= 15 is 0 Å². The number of carbonyl (C=O) groups excluding carboxylic acids is 1. The van der Waals surface area contributed by atoms with E-state index in [4.69, 9.17) is 0 Å². The Labute approximate surface area is 116 Å². The minimum Gasteiger partial charge on any atom is -0.340 e. The van der Waals surface area contributed by atoms with Crippen LogP contribution in [0, 0.1) is 0 Å². The first kappa shape index (κ1) is 13.5. The predicted molar refractivity (Wildman–Crippen MR) is 74.5 cm³/mol. The van der Waals surface area contributed by atoms with E-state index in [1.54, 1.807) is 0 Å². The molecule has 1 amide bonds. The smallest absolute Gasteiger partial charge is 0.223 e. The normalized spacial score (nSPS) is 16.8. The Morgan fingerprint density at radius 3 is 2.67 bits per heavy atom. The van der Waals surface area contributed by atoms with Gasteiger partial charge in [-0.15, -0.1) is 0 Å². The van der Waals surface area contributed by atoms with Crippen molar-refractivity contribution in [3.8, 4) is 0 Å². The molecule has 1 aromatic rings. The number of aromatic nitrogens is 1. The molecule has 2 rings (SSSR count). The number of piperazine rings is 1. The lowest BCUT2D eigenvalue weighted by Crippen LogP contribution is -2.48. The Hall–Kier alpha value is -0.940. The highest BCUT2D eigenvalue weighted by molar-refractivity contribution is 9.09. The van der Waals surface area contributed by atoms with Crippen molar-refractivity contribution in [3.05, 3.63) is 30.1 Å². The number of amides is 1. The average molecular weight is 312 g/mol. The van der Waals surface area contributed by atoms with Gasteiger partial charge in [-0.3, -0.25) is 14.7 Å². The molecule has 0 bridgehead atoms. The van der Waals surface area contributed by atoms with E-state index < -0.39 is 0 Å². The van der Waals surface area contributed by atoms with Gasteiger partial charge < -0.3 is 4.90 Å². The molecule has 0 aromatic carbocycles. The predicted octanol–water partition coefficient (Wildman–Crippen LogP) is 1.51. The summed E-state index contributed by atoms with van der Waals surface area (Å²) in [7, 11) is 0. The molecular formula is C13H18BrN3O. The Bertz CT molecular complexity index is 377. The first-order valence-electron chi connectivity index (χ1n) is 6.25. The second kappa shape index (κ2) is 6.85. The van der Waals surface area contributed by atoms with Gasteiger partial charge in [0, 0.05) is 50.7 Å². The van der Waals surface area contributed by atoms with Crippen molar-refractivity contribution in [1.29, 1.82) is 0 Å². The molecule has 1 fully saturated rings. The van der Waals surface area contributed by atoms with Crippen molar-refractivity contribution in [2.24, 2.45) is 0 Å². The van der Waals surface area contributed by atoms with Gasteiger partial charge in [-0.2, -0.15) is 0 Å². The van der Waals surface area contributed by atoms with E-state index in [9.17, 15) is 4.79 Å². The second-order valence-corrected chi connectivity index (χ2v) is 5.21. The number of carbonyl (C=O) groups is 1. The van der Waals surface area contributed by atoms with Crippen LogP contribution in [0.5, 0.6) is 0 Å². The maximum absolute atomic E-state index is 11.7. The summed E-state index contributed by atoms with van der Waals surface area (Å²) in [5, 5.41) is 0.750. The molecule has 1 aliphatic rings. The Morgan fingerprint density at radius 1 is 1.28 bits per heavy atom. The van der Waals surface area contributed by atoms with E-state index in [0.717, 1.165) is 43.7 Å². The average Bonchev–Trinajstić information content (AvgIpc) is 2.41. The number of nitrogens with zero attached hydrogens (tertiary/aromatic N) is 3. The van der Waals surface area contributed by atoms with Crippen LogP contribution < -0.4 is 0 Å². The largest absolute Gasteiger partial charge is 0.340 e. The molecule has 1 aromatic heterocycles. The summed E-state index contributed by atoms with van der Waals surface area (Å²) < 4.78 is 0. The summed E-state index contributed by atoms with van der Waals surface area (Å²) in [5.74, 6) is 0.254. The van der Waals surface area contributed by atoms with Gasteiger partial charge in [-0.1, -0.05) is 22.0 Å². The number of halogens is 1. The summed E-state index contributed by atoms with van der Waals surface area (Å²) in [4.78, 5) is 20.4. The van der Waals surface area contributed by atoms with E-state index in [-0.39, 0.29) is 5.91 Å². The molecule has 18 heavy (non-hydrogen) atoms. The lowest BCUT2D eigenvalue weighted by Gasteiger charge is -2.34. The van der Waals surface area contributed by atoms with Gasteiger partial charge in [0.1, 0.15) is 0 Å². The number of hydrogen-bond acceptors (Lipinski definition) is 3. The van der Waals surface area contributed by atoms with Crippen LogP contribution in [0.15, 0.2) is 24.4 Å². The lowest BCUT2D eigenvalue weighted by molar-refractivity contribution is -0.132. The van der Waals surface area contributed by atoms with Gasteiger partial charge >= 0.3 is 0 Å². The fourth-order valence-electron chi connectivity index (χ4n) is 2.12. The summed E-state index contributed by atoms with van der Waals surface area (Å²) in [6.07, 6.45) is 2.42. The van der Waals surface area contributed by atoms with Crippen molar-refractivity contribution < 1.29 is 4.79 Å². The Morgan fingerprint density at radius 2 is 2.06 bits per heavy atom. The minimum absolute atomic E-state index is 0.254. The molecule has 0 spiro atoms. The van der Waals surface area contributed by atoms with Crippen LogP contribution in [0.2, 0.25) is 0 Å². The molecule has 5 heteroatoms. The molecule has 0 atom stereocenters. The zero-order chi connectivity index (χ0) is 12.8. The highest BCUT2D eigenvalue weighted by atomic mass is 79.9. The van der Waals surface area contributed by atoms with Crippen molar-refractivity contribution in [2.45, 2.75) is 13.0 Å². The summed E-state index contributed by atoms with van der Waals surface area (Å²) in [5.41, 5.74) is 1.10. The second-order valence-electron chi connectivity index (χ2n) is 4.42. The maximum Gasteiger partial charge on any atom is 0.223 e. The zero-order valence-electron chi connectivity index (χ0n) is 10.4. The molecular weight excluding hydrogens is 294 g/mol. The molecule has 1 aliphatic heterocycles. The van der Waals surface area contributed by atoms with Gasteiger partial charge in [0.15, 0.2) is 0 Å². The molecule has 4 nitrogen and oxygen atoms in total. The minimum atomic E-state index is 0.254. The fourth-order valence-corrected chi connectivity index (χ4v) is 2.45. The molecule has 0 aliphatic carbocycles. The zero-order valence-corrected chi connectivity index (χ0v) is 12.0. The molecule has 2 heterocycles. The topological polar surface area (TPSA) is 36.4 Å². The van der Waals surface area contributed by atoms with Crippen LogP contribution in [0.4, 0.5) is 0 Å². The standard InChI is InChI=1S/C13H18BrN3O/c14-5-4-13(18)17-9-7-16(8-10-17)11-12-3-1-2-6-15-12/h1-3,6H,4-5,7-11H2. The lowest BCUT2D eigenvalue weighted by atomic mass is 10.2. The summed E-state index contributed by atoms with van der Waals surface area (Å²) >= 11 is 3.31. The molecule has 0 unspecified atom stereocenters. The summed E-state index contributed by atoms with van der Waals surface area (Å²) in [6, 6.07) is 5.99. The first-order valence-corrected chi connectivity index (χ1v) is 7.38. The van der Waals surface area contributed by atoms with Crippen molar-refractivity contribution in [2.75, 3.05) is 31.5 Å². The van der Waals surface area contributed by atoms with Crippen molar-refractivity contribution in [3.63, 3.8) is 0 Å². The highest BCUT2D eigenvalue weighted by Crippen LogP contribution is 2.08. The Balaban J connectivity index is 1.78. The van der Waals surface area contributed by atoms with Gasteiger partial charge in [-0.25, -0.2) is 0 Å². The third-order valence-corrected chi connectivity index (χ3v) is 3.54. The fraction of sp³-hybridized carbons (Fsp3) is 0.538. The van der Waals surface area contributed by atoms with Gasteiger partial charge in [0.05, 0.1) is 5.69 Å². The third kappa shape index (κ3) is 3.78. The maximum atomic E-state index is 11.7. The van der Waals surface area contributed by atoms with Crippen LogP contribution in [-0.2, 0) is 11.3 Å². The molecule has 98 valence electrons. The van der Waals surface area contributed by atoms with E-state index in [2.05, 4.69) is 25.8 Å². The highest BCUT2D eigenvalue weighted by Gasteiger charge is 2.20. The van der Waals surface area contributed by atoms with Crippen molar-refractivity contribution >= 4 is 21.8 Å². The number of hydrogen-bond donors (Lipinski definition) is 0. The van der Waals surface area contributed by atoms with E-state index in [1.807, 2.05) is 29.3 Å². The van der Waals surface area contributed by atoms with Crippen LogP contribution in [-0.4, -0.2) is 52.2 Å². The monoisotopic (exact) mass is 311 g/mol. The first-order chi connectivity index (χ1) is 8.79. The Kier molecular flexibility index (Phi) is 5.13. The SMILES string of the molecule is O=C(CCBr)N1CCN(Cc2ccccn2)CC1. The molecule has 0 radical (unpaired) electrons. The van der Waals surface area contributed by atoms with Crippen LogP contribution in [0.25, 0.3) is 0 Å². The number of rotatable bonds is 4. The molecule has 0 N–H and O–H groups in total. The van der Waals surface area contributed by atoms with E-state index in [0.29, 0.717) is 6.42 Å². The van der Waals surface area contributed by atoms with Gasteiger partial charge in [0.25, 0.3) is 0 Å². The van der Waals surface area contributed by atoms with Crippen LogP contribution in [0.1, 0.15) is 12.1 Å². The number of pyridine rings is 1. The molecule has 0 saturated carbocycles. The van der Waals surface area contributed by atoms with Crippen LogP contribution in [0.3, 0.4) is 0 Å². The quantitative estimate of drug-likeness (QED) is 0.791. The third-order valence-electron chi connectivity index (χ3n) is 3.15. The van der Waals surface area contributed by atoms with E-state index in [1.165, 1.54) is 0 Å². The van der Waals surface area contributed by atoms with Gasteiger partial charge in [-0.05, 0) is 12.1 Å². The molecule has 1 saturated heterocycles. The number of alkyl halides is 1.